The molecule has 0 saturated carbocycles. The van der Waals surface area contributed by atoms with Crippen molar-refractivity contribution in [2.24, 2.45) is 0 Å². The fraction of sp³-hybridized carbons (Fsp3) is 0.133. The summed E-state index contributed by atoms with van der Waals surface area (Å²) in [4.78, 5) is 10.4. The maximum absolute atomic E-state index is 11.8. The fourth-order valence-electron chi connectivity index (χ4n) is 1.70. The van der Waals surface area contributed by atoms with Gasteiger partial charge in [-0.15, -0.1) is 0 Å². The van der Waals surface area contributed by atoms with Crippen LogP contribution in [0.3, 0.4) is 0 Å². The van der Waals surface area contributed by atoms with Gasteiger partial charge in [-0.2, -0.15) is 4.72 Å². The van der Waals surface area contributed by atoms with Crippen molar-refractivity contribution in [2.75, 3.05) is 6.54 Å². The van der Waals surface area contributed by atoms with Crippen molar-refractivity contribution in [1.82, 2.24) is 4.72 Å². The number of aliphatic carboxylic acids is 1. The summed E-state index contributed by atoms with van der Waals surface area (Å²) in [5.41, 5.74) is 1.00. The molecule has 0 aliphatic carbocycles. The number of rotatable bonds is 7. The van der Waals surface area contributed by atoms with Crippen LogP contribution in [0.2, 0.25) is 0 Å². The van der Waals surface area contributed by atoms with Crippen LogP contribution in [-0.4, -0.2) is 26.0 Å². The van der Waals surface area contributed by atoms with E-state index in [4.69, 9.17) is 9.84 Å². The molecule has 0 aromatic heterocycles. The highest BCUT2D eigenvalue weighted by Gasteiger charge is 2.14. The average Bonchev–Trinajstić information content (AvgIpc) is 2.52. The molecule has 0 unspecified atom stereocenters. The van der Waals surface area contributed by atoms with E-state index in [-0.39, 0.29) is 4.90 Å². The van der Waals surface area contributed by atoms with Crippen LogP contribution in [-0.2, 0) is 21.4 Å². The van der Waals surface area contributed by atoms with Gasteiger partial charge in [0.2, 0.25) is 10.0 Å². The second-order valence-electron chi connectivity index (χ2n) is 4.46. The van der Waals surface area contributed by atoms with E-state index in [0.29, 0.717) is 12.4 Å². The summed E-state index contributed by atoms with van der Waals surface area (Å²) in [5.74, 6) is -0.715. The Morgan fingerprint density at radius 2 is 1.68 bits per heavy atom. The molecule has 2 aromatic carbocycles. The quantitative estimate of drug-likeness (QED) is 0.808. The standard InChI is InChI=1S/C15H15NO5S/c17-15(18)10-16-22(19,20)14-8-6-13(7-9-14)21-11-12-4-2-1-3-5-12/h1-9,16H,10-11H2,(H,17,18). The second kappa shape index (κ2) is 7.06. The van der Waals surface area contributed by atoms with Crippen LogP contribution in [0.4, 0.5) is 0 Å². The Hall–Kier alpha value is -2.38. The third-order valence-corrected chi connectivity index (χ3v) is 4.21. The summed E-state index contributed by atoms with van der Waals surface area (Å²) in [7, 11) is -3.83. The minimum atomic E-state index is -3.83. The lowest BCUT2D eigenvalue weighted by molar-refractivity contribution is -0.135. The molecular formula is C15H15NO5S. The highest BCUT2D eigenvalue weighted by molar-refractivity contribution is 7.89. The van der Waals surface area contributed by atoms with Crippen LogP contribution in [0.15, 0.2) is 59.5 Å². The summed E-state index contributed by atoms with van der Waals surface area (Å²) in [5, 5.41) is 8.50. The molecule has 116 valence electrons. The largest absolute Gasteiger partial charge is 0.489 e. The molecule has 7 heteroatoms. The number of nitrogens with one attached hydrogen (secondary N) is 1. The van der Waals surface area contributed by atoms with Gasteiger partial charge in [0.15, 0.2) is 0 Å². The van der Waals surface area contributed by atoms with Gasteiger partial charge in [0.25, 0.3) is 0 Å². The van der Waals surface area contributed by atoms with Crippen LogP contribution < -0.4 is 9.46 Å². The Kier molecular flexibility index (Phi) is 5.13. The zero-order valence-corrected chi connectivity index (χ0v) is 12.4. The lowest BCUT2D eigenvalue weighted by atomic mass is 10.2. The molecule has 0 radical (unpaired) electrons. The fourth-order valence-corrected chi connectivity index (χ4v) is 2.67. The van der Waals surface area contributed by atoms with E-state index in [1.807, 2.05) is 35.1 Å². The SMILES string of the molecule is O=C(O)CNS(=O)(=O)c1ccc(OCc2ccccc2)cc1. The Bertz CT molecular complexity index is 726. The van der Waals surface area contributed by atoms with E-state index in [0.717, 1.165) is 5.56 Å². The van der Waals surface area contributed by atoms with Crippen molar-refractivity contribution < 1.29 is 23.1 Å². The molecule has 0 bridgehead atoms. The molecule has 0 aliphatic heterocycles. The second-order valence-corrected chi connectivity index (χ2v) is 6.23. The first kappa shape index (κ1) is 16.0. The molecule has 6 nitrogen and oxygen atoms in total. The Morgan fingerprint density at radius 3 is 2.27 bits per heavy atom. The number of carbonyl (C=O) groups is 1. The maximum Gasteiger partial charge on any atom is 0.318 e. The first-order valence-corrected chi connectivity index (χ1v) is 7.94. The molecule has 0 atom stereocenters. The third-order valence-electron chi connectivity index (χ3n) is 2.80. The first-order chi connectivity index (χ1) is 10.5. The Balaban J connectivity index is 1.99. The minimum Gasteiger partial charge on any atom is -0.489 e. The van der Waals surface area contributed by atoms with E-state index >= 15 is 0 Å². The van der Waals surface area contributed by atoms with E-state index in [1.165, 1.54) is 24.3 Å². The van der Waals surface area contributed by atoms with Crippen LogP contribution >= 0.6 is 0 Å². The number of hydrogen-bond donors (Lipinski definition) is 2. The normalized spacial score (nSPS) is 11.1. The van der Waals surface area contributed by atoms with Gasteiger partial charge in [-0.1, -0.05) is 30.3 Å². The van der Waals surface area contributed by atoms with Crippen molar-refractivity contribution in [3.63, 3.8) is 0 Å². The van der Waals surface area contributed by atoms with Crippen LogP contribution in [0.5, 0.6) is 5.75 Å². The molecule has 22 heavy (non-hydrogen) atoms. The zero-order valence-electron chi connectivity index (χ0n) is 11.6. The molecule has 0 fully saturated rings. The molecule has 0 aliphatic rings. The number of carboxylic acids is 1. The average molecular weight is 321 g/mol. The number of ether oxygens (including phenoxy) is 1. The lowest BCUT2D eigenvalue weighted by Crippen LogP contribution is -2.29. The molecular weight excluding hydrogens is 306 g/mol. The predicted molar refractivity (Wildman–Crippen MR) is 80.0 cm³/mol. The summed E-state index contributed by atoms with van der Waals surface area (Å²) in [6.07, 6.45) is 0. The van der Waals surface area contributed by atoms with E-state index in [1.54, 1.807) is 0 Å². The lowest BCUT2D eigenvalue weighted by Gasteiger charge is -2.08. The van der Waals surface area contributed by atoms with Gasteiger partial charge in [-0.3, -0.25) is 4.79 Å². The number of hydrogen-bond acceptors (Lipinski definition) is 4. The number of sulfonamides is 1. The molecule has 0 amide bonds. The number of carboxylic acid groups (broad SMARTS) is 1. The first-order valence-electron chi connectivity index (χ1n) is 6.45. The molecule has 0 saturated heterocycles. The van der Waals surface area contributed by atoms with E-state index in [9.17, 15) is 13.2 Å². The molecule has 2 N–H and O–H groups in total. The molecule has 0 spiro atoms. The van der Waals surface area contributed by atoms with Gasteiger partial charge in [0.1, 0.15) is 18.9 Å². The van der Waals surface area contributed by atoms with Gasteiger partial charge in [-0.05, 0) is 29.8 Å². The van der Waals surface area contributed by atoms with E-state index in [2.05, 4.69) is 0 Å². The maximum atomic E-state index is 11.8. The zero-order chi connectivity index (χ0) is 16.0. The Morgan fingerprint density at radius 1 is 1.05 bits per heavy atom. The summed E-state index contributed by atoms with van der Waals surface area (Å²) < 4.78 is 31.2. The Labute approximate surface area is 128 Å². The van der Waals surface area contributed by atoms with Gasteiger partial charge < -0.3 is 9.84 Å². The van der Waals surface area contributed by atoms with Crippen LogP contribution in [0.1, 0.15) is 5.56 Å². The summed E-state index contributed by atoms with van der Waals surface area (Å²) in [6, 6.07) is 15.4. The van der Waals surface area contributed by atoms with Gasteiger partial charge in [0.05, 0.1) is 4.90 Å². The highest BCUT2D eigenvalue weighted by atomic mass is 32.2. The number of benzene rings is 2. The van der Waals surface area contributed by atoms with Crippen LogP contribution in [0.25, 0.3) is 0 Å². The van der Waals surface area contributed by atoms with Crippen molar-refractivity contribution in [2.45, 2.75) is 11.5 Å². The smallest absolute Gasteiger partial charge is 0.318 e. The topological polar surface area (TPSA) is 92.7 Å². The van der Waals surface area contributed by atoms with Crippen molar-refractivity contribution in [1.29, 1.82) is 0 Å². The van der Waals surface area contributed by atoms with Crippen molar-refractivity contribution in [3.05, 3.63) is 60.2 Å². The van der Waals surface area contributed by atoms with Gasteiger partial charge in [-0.25, -0.2) is 8.42 Å². The van der Waals surface area contributed by atoms with Crippen LogP contribution in [0, 0.1) is 0 Å². The summed E-state index contributed by atoms with van der Waals surface area (Å²) in [6.45, 7) is -0.279. The van der Waals surface area contributed by atoms with Crippen molar-refractivity contribution in [3.8, 4) is 5.75 Å². The highest BCUT2D eigenvalue weighted by Crippen LogP contribution is 2.17. The minimum absolute atomic E-state index is 0.0131. The third kappa shape index (κ3) is 4.57. The van der Waals surface area contributed by atoms with Crippen molar-refractivity contribution >= 4 is 16.0 Å². The molecule has 2 aromatic rings. The van der Waals surface area contributed by atoms with Gasteiger partial charge in [0, 0.05) is 0 Å². The monoisotopic (exact) mass is 321 g/mol. The molecule has 0 heterocycles. The molecule has 2 rings (SSSR count). The van der Waals surface area contributed by atoms with E-state index < -0.39 is 22.5 Å². The van der Waals surface area contributed by atoms with Gasteiger partial charge >= 0.3 is 5.97 Å². The predicted octanol–water partition coefficient (Wildman–Crippen LogP) is 1.63. The summed E-state index contributed by atoms with van der Waals surface area (Å²) >= 11 is 0.